The Hall–Kier alpha value is -1.32. The molecule has 0 heterocycles. The van der Waals surface area contributed by atoms with E-state index < -0.39 is 5.97 Å². The van der Waals surface area contributed by atoms with Crippen LogP contribution in [0.3, 0.4) is 0 Å². The van der Waals surface area contributed by atoms with Crippen molar-refractivity contribution in [2.45, 2.75) is 20.3 Å². The summed E-state index contributed by atoms with van der Waals surface area (Å²) in [6, 6.07) is 0. The van der Waals surface area contributed by atoms with E-state index in [2.05, 4.69) is 19.2 Å². The lowest BCUT2D eigenvalue weighted by Gasteiger charge is -2.03. The van der Waals surface area contributed by atoms with Crippen molar-refractivity contribution in [1.82, 2.24) is 5.32 Å². The fourth-order valence-electron chi connectivity index (χ4n) is 0.690. The van der Waals surface area contributed by atoms with Crippen molar-refractivity contribution in [1.29, 1.82) is 0 Å². The van der Waals surface area contributed by atoms with Gasteiger partial charge in [0.2, 0.25) is 5.91 Å². The topological polar surface area (TPSA) is 66.4 Å². The maximum absolute atomic E-state index is 10.9. The SMILES string of the molecule is CC(C)CCNC(=O)/C=C/C(=O)O. The van der Waals surface area contributed by atoms with Gasteiger partial charge in [0.25, 0.3) is 0 Å². The highest BCUT2D eigenvalue weighted by atomic mass is 16.4. The monoisotopic (exact) mass is 185 g/mol. The van der Waals surface area contributed by atoms with Crippen LogP contribution < -0.4 is 5.32 Å². The number of nitrogens with one attached hydrogen (secondary N) is 1. The summed E-state index contributed by atoms with van der Waals surface area (Å²) in [6.45, 7) is 4.69. The molecule has 0 atom stereocenters. The molecule has 0 rings (SSSR count). The second-order valence-corrected chi connectivity index (χ2v) is 3.15. The van der Waals surface area contributed by atoms with Gasteiger partial charge in [-0.15, -0.1) is 0 Å². The molecule has 0 saturated heterocycles. The lowest BCUT2D eigenvalue weighted by atomic mass is 10.1. The zero-order valence-electron chi connectivity index (χ0n) is 7.91. The third-order valence-electron chi connectivity index (χ3n) is 1.40. The molecule has 0 saturated carbocycles. The van der Waals surface area contributed by atoms with Gasteiger partial charge in [-0.25, -0.2) is 4.79 Å². The van der Waals surface area contributed by atoms with E-state index in [1.54, 1.807) is 0 Å². The van der Waals surface area contributed by atoms with Gasteiger partial charge < -0.3 is 10.4 Å². The Bertz CT molecular complexity index is 209. The summed E-state index contributed by atoms with van der Waals surface area (Å²) in [5.41, 5.74) is 0. The Morgan fingerprint density at radius 3 is 2.46 bits per heavy atom. The number of amides is 1. The van der Waals surface area contributed by atoms with Gasteiger partial charge in [-0.3, -0.25) is 4.79 Å². The maximum Gasteiger partial charge on any atom is 0.328 e. The Kier molecular flexibility index (Phi) is 5.59. The van der Waals surface area contributed by atoms with Gasteiger partial charge in [0.05, 0.1) is 0 Å². The quantitative estimate of drug-likeness (QED) is 0.622. The molecule has 4 nitrogen and oxygen atoms in total. The highest BCUT2D eigenvalue weighted by Crippen LogP contribution is 1.95. The molecule has 4 heteroatoms. The van der Waals surface area contributed by atoms with Gasteiger partial charge in [-0.2, -0.15) is 0 Å². The van der Waals surface area contributed by atoms with Crippen LogP contribution in [0.4, 0.5) is 0 Å². The van der Waals surface area contributed by atoms with E-state index in [-0.39, 0.29) is 5.91 Å². The van der Waals surface area contributed by atoms with Gasteiger partial charge in [-0.05, 0) is 12.3 Å². The van der Waals surface area contributed by atoms with E-state index in [4.69, 9.17) is 5.11 Å². The molecule has 0 aromatic rings. The zero-order chi connectivity index (χ0) is 10.3. The molecule has 0 radical (unpaired) electrons. The minimum Gasteiger partial charge on any atom is -0.478 e. The van der Waals surface area contributed by atoms with E-state index in [0.717, 1.165) is 18.6 Å². The van der Waals surface area contributed by atoms with Gasteiger partial charge in [0.15, 0.2) is 0 Å². The second kappa shape index (κ2) is 6.22. The number of hydrogen-bond donors (Lipinski definition) is 2. The van der Waals surface area contributed by atoms with Crippen molar-refractivity contribution >= 4 is 11.9 Å². The van der Waals surface area contributed by atoms with E-state index in [1.165, 1.54) is 0 Å². The van der Waals surface area contributed by atoms with Crippen molar-refractivity contribution in [3.05, 3.63) is 12.2 Å². The summed E-state index contributed by atoms with van der Waals surface area (Å²) in [7, 11) is 0. The molecular weight excluding hydrogens is 170 g/mol. The molecule has 0 unspecified atom stereocenters. The van der Waals surface area contributed by atoms with Gasteiger partial charge in [0, 0.05) is 18.7 Å². The van der Waals surface area contributed by atoms with Gasteiger partial charge in [-0.1, -0.05) is 13.8 Å². The Morgan fingerprint density at radius 1 is 1.38 bits per heavy atom. The standard InChI is InChI=1S/C9H15NO3/c1-7(2)5-6-10-8(11)3-4-9(12)13/h3-4,7H,5-6H2,1-2H3,(H,10,11)(H,12,13)/b4-3+. The first-order valence-electron chi connectivity index (χ1n) is 4.21. The van der Waals surface area contributed by atoms with E-state index in [0.29, 0.717) is 12.5 Å². The van der Waals surface area contributed by atoms with E-state index in [1.807, 2.05) is 0 Å². The average molecular weight is 185 g/mol. The lowest BCUT2D eigenvalue weighted by Crippen LogP contribution is -2.23. The first-order valence-corrected chi connectivity index (χ1v) is 4.21. The summed E-state index contributed by atoms with van der Waals surface area (Å²) in [5.74, 6) is -0.939. The highest BCUT2D eigenvalue weighted by molar-refractivity contribution is 5.93. The number of carbonyl (C=O) groups excluding carboxylic acids is 1. The molecule has 74 valence electrons. The van der Waals surface area contributed by atoms with Crippen LogP contribution in [-0.2, 0) is 9.59 Å². The fraction of sp³-hybridized carbons (Fsp3) is 0.556. The third-order valence-corrected chi connectivity index (χ3v) is 1.40. The molecule has 0 aliphatic rings. The number of rotatable bonds is 5. The van der Waals surface area contributed by atoms with Crippen LogP contribution in [0.1, 0.15) is 20.3 Å². The Morgan fingerprint density at radius 2 is 2.00 bits per heavy atom. The largest absolute Gasteiger partial charge is 0.478 e. The van der Waals surface area contributed by atoms with Crippen LogP contribution in [0, 0.1) is 5.92 Å². The normalized spacial score (nSPS) is 10.7. The molecule has 0 bridgehead atoms. The van der Waals surface area contributed by atoms with Crippen LogP contribution in [0.15, 0.2) is 12.2 Å². The number of carbonyl (C=O) groups is 2. The van der Waals surface area contributed by atoms with Crippen molar-refractivity contribution in [3.8, 4) is 0 Å². The third kappa shape index (κ3) is 8.59. The van der Waals surface area contributed by atoms with E-state index >= 15 is 0 Å². The summed E-state index contributed by atoms with van der Waals surface area (Å²) < 4.78 is 0. The molecule has 0 aliphatic heterocycles. The summed E-state index contributed by atoms with van der Waals surface area (Å²) >= 11 is 0. The molecular formula is C9H15NO3. The molecule has 0 aromatic carbocycles. The van der Waals surface area contributed by atoms with Crippen molar-refractivity contribution in [2.24, 2.45) is 5.92 Å². The molecule has 0 fully saturated rings. The van der Waals surface area contributed by atoms with Crippen LogP contribution in [0.25, 0.3) is 0 Å². The van der Waals surface area contributed by atoms with Crippen LogP contribution in [0.5, 0.6) is 0 Å². The summed E-state index contributed by atoms with van der Waals surface area (Å²) in [6.07, 6.45) is 2.74. The predicted molar refractivity (Wildman–Crippen MR) is 49.2 cm³/mol. The van der Waals surface area contributed by atoms with Crippen LogP contribution >= 0.6 is 0 Å². The molecule has 2 N–H and O–H groups in total. The Balaban J connectivity index is 3.58. The van der Waals surface area contributed by atoms with Gasteiger partial charge in [0.1, 0.15) is 0 Å². The molecule has 0 aliphatic carbocycles. The van der Waals surface area contributed by atoms with Crippen molar-refractivity contribution in [2.75, 3.05) is 6.54 Å². The van der Waals surface area contributed by atoms with Gasteiger partial charge >= 0.3 is 5.97 Å². The second-order valence-electron chi connectivity index (χ2n) is 3.15. The molecule has 0 spiro atoms. The minimum atomic E-state index is -1.11. The number of carboxylic acid groups (broad SMARTS) is 1. The summed E-state index contributed by atoms with van der Waals surface area (Å²) in [4.78, 5) is 20.9. The molecule has 13 heavy (non-hydrogen) atoms. The Labute approximate surface area is 77.6 Å². The highest BCUT2D eigenvalue weighted by Gasteiger charge is 1.97. The van der Waals surface area contributed by atoms with Crippen molar-refractivity contribution in [3.63, 3.8) is 0 Å². The smallest absolute Gasteiger partial charge is 0.328 e. The van der Waals surface area contributed by atoms with Crippen LogP contribution in [0.2, 0.25) is 0 Å². The predicted octanol–water partition coefficient (Wildman–Crippen LogP) is 0.790. The number of hydrogen-bond acceptors (Lipinski definition) is 2. The maximum atomic E-state index is 10.9. The first kappa shape index (κ1) is 11.7. The lowest BCUT2D eigenvalue weighted by molar-refractivity contribution is -0.131. The average Bonchev–Trinajstić information content (AvgIpc) is 2.00. The fourth-order valence-corrected chi connectivity index (χ4v) is 0.690. The number of aliphatic carboxylic acids is 1. The zero-order valence-corrected chi connectivity index (χ0v) is 7.91. The number of carboxylic acids is 1. The summed E-state index contributed by atoms with van der Waals surface area (Å²) in [5, 5.41) is 10.8. The molecule has 1 amide bonds. The minimum absolute atomic E-state index is 0.358. The molecule has 0 aromatic heterocycles. The first-order chi connectivity index (χ1) is 6.02. The van der Waals surface area contributed by atoms with E-state index in [9.17, 15) is 9.59 Å². The van der Waals surface area contributed by atoms with Crippen molar-refractivity contribution < 1.29 is 14.7 Å². The van der Waals surface area contributed by atoms with Crippen LogP contribution in [-0.4, -0.2) is 23.5 Å².